The summed E-state index contributed by atoms with van der Waals surface area (Å²) in [5.74, 6) is 1.33. The van der Waals surface area contributed by atoms with E-state index in [1.54, 1.807) is 7.11 Å². The van der Waals surface area contributed by atoms with E-state index in [1.807, 2.05) is 35.2 Å². The van der Waals surface area contributed by atoms with Gasteiger partial charge in [0.1, 0.15) is 5.75 Å². The number of aromatic nitrogens is 2. The molecular formula is C26H33N5O3. The van der Waals surface area contributed by atoms with Crippen molar-refractivity contribution in [1.82, 2.24) is 15.5 Å². The van der Waals surface area contributed by atoms with Crippen LogP contribution in [0.3, 0.4) is 0 Å². The number of piperidine rings is 1. The molecule has 0 radical (unpaired) electrons. The van der Waals surface area contributed by atoms with E-state index in [2.05, 4.69) is 51.5 Å². The lowest BCUT2D eigenvalue weighted by Crippen LogP contribution is -2.43. The van der Waals surface area contributed by atoms with E-state index in [1.165, 1.54) is 5.69 Å². The van der Waals surface area contributed by atoms with Crippen LogP contribution < -0.4 is 19.9 Å². The number of rotatable bonds is 10. The summed E-state index contributed by atoms with van der Waals surface area (Å²) in [7, 11) is 1.63. The maximum atomic E-state index is 12.8. The normalized spacial score (nSPS) is 15.7. The topological polar surface area (TPSA) is 83.7 Å². The Morgan fingerprint density at radius 2 is 2.00 bits per heavy atom. The van der Waals surface area contributed by atoms with Crippen molar-refractivity contribution in [3.63, 3.8) is 0 Å². The molecule has 1 N–H and O–H groups in total. The Labute approximate surface area is 200 Å². The fraction of sp³-hybridized carbons (Fsp3) is 0.423. The molecule has 180 valence electrons. The van der Waals surface area contributed by atoms with Gasteiger partial charge in [-0.3, -0.25) is 4.79 Å². The van der Waals surface area contributed by atoms with Crippen LogP contribution in [0.15, 0.2) is 59.1 Å². The van der Waals surface area contributed by atoms with Crippen LogP contribution >= 0.6 is 0 Å². The number of anilines is 2. The average molecular weight is 464 g/mol. The van der Waals surface area contributed by atoms with Crippen LogP contribution in [0.4, 0.5) is 11.7 Å². The van der Waals surface area contributed by atoms with Gasteiger partial charge in [-0.1, -0.05) is 23.4 Å². The van der Waals surface area contributed by atoms with E-state index < -0.39 is 0 Å². The molecule has 0 saturated carbocycles. The van der Waals surface area contributed by atoms with Crippen LogP contribution in [0, 0.1) is 5.92 Å². The minimum absolute atomic E-state index is 0.0820. The second kappa shape index (κ2) is 11.5. The van der Waals surface area contributed by atoms with Crippen molar-refractivity contribution in [2.24, 2.45) is 5.92 Å². The van der Waals surface area contributed by atoms with E-state index in [9.17, 15) is 4.79 Å². The minimum Gasteiger partial charge on any atom is -0.497 e. The summed E-state index contributed by atoms with van der Waals surface area (Å²) in [4.78, 5) is 21.7. The number of methoxy groups -OCH3 is 1. The van der Waals surface area contributed by atoms with Crippen molar-refractivity contribution in [3.8, 4) is 17.1 Å². The first kappa shape index (κ1) is 23.6. The van der Waals surface area contributed by atoms with Crippen LogP contribution in [0.1, 0.15) is 26.2 Å². The smallest absolute Gasteiger partial charge is 0.324 e. The Morgan fingerprint density at radius 3 is 2.74 bits per heavy atom. The molecule has 1 saturated heterocycles. The van der Waals surface area contributed by atoms with Crippen molar-refractivity contribution in [3.05, 3.63) is 54.6 Å². The van der Waals surface area contributed by atoms with Gasteiger partial charge in [0.2, 0.25) is 11.7 Å². The number of ether oxygens (including phenoxy) is 1. The second-order valence-electron chi connectivity index (χ2n) is 8.47. The molecule has 8 heteroatoms. The first-order valence-corrected chi connectivity index (χ1v) is 12.0. The van der Waals surface area contributed by atoms with Crippen molar-refractivity contribution in [2.75, 3.05) is 49.6 Å². The van der Waals surface area contributed by atoms with E-state index >= 15 is 0 Å². The average Bonchev–Trinajstić information content (AvgIpc) is 3.40. The number of para-hydroxylation sites is 1. The Morgan fingerprint density at radius 1 is 1.21 bits per heavy atom. The summed E-state index contributed by atoms with van der Waals surface area (Å²) in [5.41, 5.74) is 2.08. The zero-order valence-corrected chi connectivity index (χ0v) is 19.9. The maximum Gasteiger partial charge on any atom is 0.324 e. The number of benzene rings is 2. The van der Waals surface area contributed by atoms with Gasteiger partial charge in [-0.25, -0.2) is 0 Å². The second-order valence-corrected chi connectivity index (χ2v) is 8.47. The molecule has 2 heterocycles. The Kier molecular flexibility index (Phi) is 8.01. The lowest BCUT2D eigenvalue weighted by atomic mass is 9.97. The highest BCUT2D eigenvalue weighted by Crippen LogP contribution is 2.26. The van der Waals surface area contributed by atoms with Crippen molar-refractivity contribution >= 4 is 17.6 Å². The van der Waals surface area contributed by atoms with Gasteiger partial charge in [0.05, 0.1) is 13.0 Å². The summed E-state index contributed by atoms with van der Waals surface area (Å²) >= 11 is 0. The van der Waals surface area contributed by atoms with Gasteiger partial charge < -0.3 is 24.4 Å². The molecule has 0 aliphatic carbocycles. The number of carbonyl (C=O) groups is 1. The molecule has 3 aromatic rings. The molecule has 0 unspecified atom stereocenters. The Balaban J connectivity index is 1.26. The first-order valence-electron chi connectivity index (χ1n) is 12.0. The molecule has 1 atom stereocenters. The molecule has 34 heavy (non-hydrogen) atoms. The molecule has 1 aromatic heterocycles. The van der Waals surface area contributed by atoms with Crippen LogP contribution in [0.2, 0.25) is 0 Å². The molecule has 1 aliphatic rings. The third-order valence-corrected chi connectivity index (χ3v) is 6.23. The first-order chi connectivity index (χ1) is 16.7. The third-order valence-electron chi connectivity index (χ3n) is 6.23. The standard InChI is InChI=1S/C26H33N5O3/c1-3-30(22-10-5-4-6-11-22)18-8-16-27-25(32)21-9-7-17-31(19-21)26-28-24(29-34-26)20-12-14-23(33-2)15-13-20/h4-6,10-15,21H,3,7-9,16-19H2,1-2H3,(H,27,32)/t21-/m1/s1. The van der Waals surface area contributed by atoms with Crippen LogP contribution in [-0.4, -0.2) is 55.9 Å². The van der Waals surface area contributed by atoms with Crippen molar-refractivity contribution < 1.29 is 14.1 Å². The summed E-state index contributed by atoms with van der Waals surface area (Å²) in [5, 5.41) is 7.25. The molecule has 1 fully saturated rings. The van der Waals surface area contributed by atoms with E-state index in [0.717, 1.165) is 50.2 Å². The fourth-order valence-corrected chi connectivity index (χ4v) is 4.30. The highest BCUT2D eigenvalue weighted by molar-refractivity contribution is 5.79. The van der Waals surface area contributed by atoms with Crippen molar-refractivity contribution in [2.45, 2.75) is 26.2 Å². The van der Waals surface area contributed by atoms with E-state index in [0.29, 0.717) is 24.9 Å². The monoisotopic (exact) mass is 463 g/mol. The molecular weight excluding hydrogens is 430 g/mol. The molecule has 0 bridgehead atoms. The van der Waals surface area contributed by atoms with E-state index in [4.69, 9.17) is 9.26 Å². The number of hydrogen-bond acceptors (Lipinski definition) is 7. The van der Waals surface area contributed by atoms with Crippen LogP contribution in [0.5, 0.6) is 5.75 Å². The van der Waals surface area contributed by atoms with Crippen molar-refractivity contribution in [1.29, 1.82) is 0 Å². The molecule has 2 aromatic carbocycles. The molecule has 1 amide bonds. The van der Waals surface area contributed by atoms with E-state index in [-0.39, 0.29) is 11.8 Å². The lowest BCUT2D eigenvalue weighted by Gasteiger charge is -2.30. The van der Waals surface area contributed by atoms with Crippen LogP contribution in [0.25, 0.3) is 11.4 Å². The number of nitrogens with one attached hydrogen (secondary N) is 1. The quantitative estimate of drug-likeness (QED) is 0.455. The Hall–Kier alpha value is -3.55. The Bertz CT molecular complexity index is 1040. The summed E-state index contributed by atoms with van der Waals surface area (Å²) < 4.78 is 10.7. The number of nitrogens with zero attached hydrogens (tertiary/aromatic N) is 4. The zero-order chi connectivity index (χ0) is 23.8. The van der Waals surface area contributed by atoms with Gasteiger partial charge >= 0.3 is 6.01 Å². The molecule has 1 aliphatic heterocycles. The summed E-state index contributed by atoms with van der Waals surface area (Å²) in [6.07, 6.45) is 2.68. The molecule has 0 spiro atoms. The predicted octanol–water partition coefficient (Wildman–Crippen LogP) is 3.99. The predicted molar refractivity (Wildman–Crippen MR) is 133 cm³/mol. The SMILES string of the molecule is CCN(CCCNC(=O)[C@@H]1CCCN(c2nc(-c3ccc(OC)cc3)no2)C1)c1ccccc1. The summed E-state index contributed by atoms with van der Waals surface area (Å²) in [6.45, 7) is 6.06. The van der Waals surface area contributed by atoms with Gasteiger partial charge in [-0.15, -0.1) is 0 Å². The highest BCUT2D eigenvalue weighted by atomic mass is 16.5. The number of hydrogen-bond donors (Lipinski definition) is 1. The van der Waals surface area contributed by atoms with Gasteiger partial charge in [0.25, 0.3) is 0 Å². The van der Waals surface area contributed by atoms with Gasteiger partial charge in [-0.2, -0.15) is 4.98 Å². The van der Waals surface area contributed by atoms with Gasteiger partial charge in [-0.05, 0) is 62.6 Å². The van der Waals surface area contributed by atoms with Gasteiger partial charge in [0, 0.05) is 44.0 Å². The van der Waals surface area contributed by atoms with Crippen LogP contribution in [-0.2, 0) is 4.79 Å². The maximum absolute atomic E-state index is 12.8. The third kappa shape index (κ3) is 5.87. The molecule has 8 nitrogen and oxygen atoms in total. The number of amides is 1. The number of carbonyl (C=O) groups excluding carboxylic acids is 1. The largest absolute Gasteiger partial charge is 0.497 e. The molecule has 4 rings (SSSR count). The summed E-state index contributed by atoms with van der Waals surface area (Å²) in [6, 6.07) is 18.4. The van der Waals surface area contributed by atoms with Gasteiger partial charge in [0.15, 0.2) is 0 Å². The zero-order valence-electron chi connectivity index (χ0n) is 19.9. The lowest BCUT2D eigenvalue weighted by molar-refractivity contribution is -0.125. The fourth-order valence-electron chi connectivity index (χ4n) is 4.30. The highest BCUT2D eigenvalue weighted by Gasteiger charge is 2.28. The minimum atomic E-state index is -0.0820.